The first-order valence-corrected chi connectivity index (χ1v) is 5.33. The molecule has 0 atom stereocenters. The molecule has 82 valence electrons. The van der Waals surface area contributed by atoms with Crippen molar-refractivity contribution in [1.29, 1.82) is 0 Å². The van der Waals surface area contributed by atoms with Crippen molar-refractivity contribution < 1.29 is 21.1 Å². The van der Waals surface area contributed by atoms with Crippen LogP contribution in [0.25, 0.3) is 5.32 Å². The molecule has 0 radical (unpaired) electrons. The van der Waals surface area contributed by atoms with Gasteiger partial charge in [-0.05, 0) is 23.0 Å². The Balaban J connectivity index is 0.00000112. The molecule has 2 heteroatoms. The zero-order valence-electron chi connectivity index (χ0n) is 9.71. The molecule has 1 aliphatic rings. The van der Waals surface area contributed by atoms with E-state index in [1.54, 1.807) is 0 Å². The molecular formula is C13H18NW-. The third-order valence-electron chi connectivity index (χ3n) is 2.89. The second kappa shape index (κ2) is 4.80. The Kier molecular flexibility index (Phi) is 4.14. The van der Waals surface area contributed by atoms with Gasteiger partial charge in [0.2, 0.25) is 0 Å². The van der Waals surface area contributed by atoms with Crippen molar-refractivity contribution in [2.45, 2.75) is 39.2 Å². The summed E-state index contributed by atoms with van der Waals surface area (Å²) in [4.78, 5) is 0. The van der Waals surface area contributed by atoms with Crippen LogP contribution in [0.1, 0.15) is 37.5 Å². The molecule has 0 saturated carbocycles. The van der Waals surface area contributed by atoms with Crippen molar-refractivity contribution >= 4 is 0 Å². The molecule has 1 aliphatic heterocycles. The van der Waals surface area contributed by atoms with Gasteiger partial charge in [-0.25, -0.2) is 0 Å². The maximum absolute atomic E-state index is 4.41. The Morgan fingerprint density at radius 3 is 2.53 bits per heavy atom. The third kappa shape index (κ3) is 2.92. The summed E-state index contributed by atoms with van der Waals surface area (Å²) < 4.78 is 0. The van der Waals surface area contributed by atoms with Gasteiger partial charge in [-0.3, -0.25) is 0 Å². The molecule has 0 amide bonds. The van der Waals surface area contributed by atoms with Crippen LogP contribution in [0.3, 0.4) is 0 Å². The minimum atomic E-state index is 0. The SMILES string of the molecule is CC(C)(C)c1ccc2c(c1)CC[N-]C2.[W]. The zero-order chi connectivity index (χ0) is 10.2. The van der Waals surface area contributed by atoms with Crippen molar-refractivity contribution in [3.05, 3.63) is 40.2 Å². The van der Waals surface area contributed by atoms with Crippen LogP contribution in [0, 0.1) is 0 Å². The summed E-state index contributed by atoms with van der Waals surface area (Å²) in [5, 5.41) is 4.41. The first-order valence-electron chi connectivity index (χ1n) is 5.33. The molecule has 1 aromatic carbocycles. The normalized spacial score (nSPS) is 15.4. The Morgan fingerprint density at radius 2 is 1.87 bits per heavy atom. The second-order valence-electron chi connectivity index (χ2n) is 5.09. The summed E-state index contributed by atoms with van der Waals surface area (Å²) in [5.74, 6) is 0. The van der Waals surface area contributed by atoms with Gasteiger partial charge in [0.1, 0.15) is 0 Å². The Labute approximate surface area is 107 Å². The van der Waals surface area contributed by atoms with Crippen LogP contribution in [-0.4, -0.2) is 6.54 Å². The van der Waals surface area contributed by atoms with E-state index in [2.05, 4.69) is 44.3 Å². The molecule has 0 bridgehead atoms. The predicted octanol–water partition coefficient (Wildman–Crippen LogP) is 3.41. The van der Waals surface area contributed by atoms with Crippen molar-refractivity contribution in [3.8, 4) is 0 Å². The quantitative estimate of drug-likeness (QED) is 0.663. The standard InChI is InChI=1S/C13H18N.W/c1-13(2,3)12-5-4-11-9-14-7-6-10(11)8-12;/h4-5,8H,6-7,9H2,1-3H3;/q-1;. The molecule has 0 aliphatic carbocycles. The van der Waals surface area contributed by atoms with E-state index < -0.39 is 0 Å². The molecule has 1 nitrogen and oxygen atoms in total. The largest absolute Gasteiger partial charge is 0.658 e. The van der Waals surface area contributed by atoms with E-state index in [4.69, 9.17) is 0 Å². The third-order valence-corrected chi connectivity index (χ3v) is 2.89. The van der Waals surface area contributed by atoms with Crippen molar-refractivity contribution in [3.63, 3.8) is 0 Å². The van der Waals surface area contributed by atoms with E-state index in [-0.39, 0.29) is 26.5 Å². The molecule has 0 N–H and O–H groups in total. The summed E-state index contributed by atoms with van der Waals surface area (Å²) in [7, 11) is 0. The van der Waals surface area contributed by atoms with Crippen LogP contribution >= 0.6 is 0 Å². The van der Waals surface area contributed by atoms with Crippen LogP contribution in [0.15, 0.2) is 18.2 Å². The van der Waals surface area contributed by atoms with Crippen LogP contribution in [0.5, 0.6) is 0 Å². The van der Waals surface area contributed by atoms with E-state index in [0.29, 0.717) is 0 Å². The number of hydrogen-bond donors (Lipinski definition) is 0. The van der Waals surface area contributed by atoms with E-state index in [0.717, 1.165) is 19.5 Å². The van der Waals surface area contributed by atoms with Crippen molar-refractivity contribution in [2.75, 3.05) is 6.54 Å². The van der Waals surface area contributed by atoms with Crippen molar-refractivity contribution in [1.82, 2.24) is 0 Å². The number of hydrogen-bond acceptors (Lipinski definition) is 0. The van der Waals surface area contributed by atoms with E-state index in [1.165, 1.54) is 16.7 Å². The smallest absolute Gasteiger partial charge is 0 e. The van der Waals surface area contributed by atoms with Crippen LogP contribution in [0.4, 0.5) is 0 Å². The van der Waals surface area contributed by atoms with Gasteiger partial charge in [-0.2, -0.15) is 0 Å². The van der Waals surface area contributed by atoms with Gasteiger partial charge in [-0.15, -0.1) is 13.1 Å². The van der Waals surface area contributed by atoms with Gasteiger partial charge < -0.3 is 5.32 Å². The summed E-state index contributed by atoms with van der Waals surface area (Å²) >= 11 is 0. The first kappa shape index (κ1) is 12.9. The van der Waals surface area contributed by atoms with Crippen LogP contribution < -0.4 is 0 Å². The fourth-order valence-electron chi connectivity index (χ4n) is 1.88. The van der Waals surface area contributed by atoms with Crippen molar-refractivity contribution in [2.24, 2.45) is 0 Å². The minimum Gasteiger partial charge on any atom is -0.658 e. The fraction of sp³-hybridized carbons (Fsp3) is 0.538. The van der Waals surface area contributed by atoms with Crippen LogP contribution in [-0.2, 0) is 39.4 Å². The van der Waals surface area contributed by atoms with Gasteiger partial charge in [0.15, 0.2) is 0 Å². The van der Waals surface area contributed by atoms with Gasteiger partial charge in [0.05, 0.1) is 0 Å². The summed E-state index contributed by atoms with van der Waals surface area (Å²) in [5.41, 5.74) is 4.64. The molecule has 15 heavy (non-hydrogen) atoms. The molecule has 0 aromatic heterocycles. The number of rotatable bonds is 0. The Morgan fingerprint density at radius 1 is 1.13 bits per heavy atom. The fourth-order valence-corrected chi connectivity index (χ4v) is 1.88. The summed E-state index contributed by atoms with van der Waals surface area (Å²) in [6.45, 7) is 8.71. The summed E-state index contributed by atoms with van der Waals surface area (Å²) in [6.07, 6.45) is 1.12. The average molecular weight is 372 g/mol. The second-order valence-corrected chi connectivity index (χ2v) is 5.09. The predicted molar refractivity (Wildman–Crippen MR) is 60.8 cm³/mol. The molecule has 0 saturated heterocycles. The molecule has 0 unspecified atom stereocenters. The van der Waals surface area contributed by atoms with E-state index in [1.807, 2.05) is 0 Å². The molecule has 1 heterocycles. The van der Waals surface area contributed by atoms with E-state index in [9.17, 15) is 0 Å². The van der Waals surface area contributed by atoms with Gasteiger partial charge in [0, 0.05) is 21.1 Å². The number of fused-ring (bicyclic) bond motifs is 1. The maximum Gasteiger partial charge on any atom is 0 e. The van der Waals surface area contributed by atoms with E-state index >= 15 is 0 Å². The van der Waals surface area contributed by atoms with Crippen LogP contribution in [0.2, 0.25) is 0 Å². The first-order chi connectivity index (χ1) is 6.57. The number of nitrogens with zero attached hydrogens (tertiary/aromatic N) is 1. The van der Waals surface area contributed by atoms with Gasteiger partial charge in [-0.1, -0.05) is 44.5 Å². The molecule has 0 fully saturated rings. The molecular weight excluding hydrogens is 354 g/mol. The Hall–Kier alpha value is -0.132. The Bertz CT molecular complexity index is 339. The molecule has 1 aromatic rings. The zero-order valence-corrected chi connectivity index (χ0v) is 12.6. The summed E-state index contributed by atoms with van der Waals surface area (Å²) in [6, 6.07) is 6.86. The molecule has 2 rings (SSSR count). The molecule has 0 spiro atoms. The average Bonchev–Trinajstić information content (AvgIpc) is 2.16. The number of benzene rings is 1. The van der Waals surface area contributed by atoms with Gasteiger partial charge >= 0.3 is 0 Å². The maximum atomic E-state index is 4.41. The minimum absolute atomic E-state index is 0. The monoisotopic (exact) mass is 372 g/mol. The topological polar surface area (TPSA) is 14.1 Å². The van der Waals surface area contributed by atoms with Gasteiger partial charge in [0.25, 0.3) is 0 Å².